The summed E-state index contributed by atoms with van der Waals surface area (Å²) in [6, 6.07) is 6.48. The minimum atomic E-state index is -0.202. The molecule has 0 aliphatic rings. The van der Waals surface area contributed by atoms with E-state index in [9.17, 15) is 4.39 Å². The average molecular weight is 220 g/mol. The number of nitrogens with one attached hydrogen (secondary N) is 1. The third-order valence-electron chi connectivity index (χ3n) is 2.23. The second-order valence-corrected chi connectivity index (χ2v) is 3.47. The number of benzene rings is 1. The third kappa shape index (κ3) is 3.13. The molecule has 1 aromatic heterocycles. The number of halogens is 1. The molecule has 1 heterocycles. The summed E-state index contributed by atoms with van der Waals surface area (Å²) in [6.45, 7) is 2.32. The fourth-order valence-corrected chi connectivity index (χ4v) is 1.38. The molecule has 0 radical (unpaired) electrons. The molecule has 0 atom stereocenters. The van der Waals surface area contributed by atoms with Gasteiger partial charge in [-0.25, -0.2) is 4.39 Å². The fraction of sp³-hybridized carbons (Fsp3) is 0.273. The Morgan fingerprint density at radius 1 is 1.25 bits per heavy atom. The lowest BCUT2D eigenvalue weighted by atomic mass is 10.2. The van der Waals surface area contributed by atoms with Gasteiger partial charge in [-0.2, -0.15) is 0 Å². The summed E-state index contributed by atoms with van der Waals surface area (Å²) in [4.78, 5) is 0. The molecule has 0 saturated carbocycles. The summed E-state index contributed by atoms with van der Waals surface area (Å²) in [5.41, 5.74) is 1.07. The molecule has 84 valence electrons. The molecule has 1 aromatic carbocycles. The van der Waals surface area contributed by atoms with Crippen molar-refractivity contribution in [1.29, 1.82) is 0 Å². The highest BCUT2D eigenvalue weighted by molar-refractivity contribution is 5.15. The first-order valence-corrected chi connectivity index (χ1v) is 5.14. The van der Waals surface area contributed by atoms with Crippen LogP contribution in [0, 0.1) is 5.82 Å². The number of aromatic nitrogens is 3. The summed E-state index contributed by atoms with van der Waals surface area (Å²) in [5.74, 6) is -0.202. The molecule has 2 rings (SSSR count). The van der Waals surface area contributed by atoms with E-state index >= 15 is 0 Å². The minimum absolute atomic E-state index is 0.202. The van der Waals surface area contributed by atoms with E-state index in [0.29, 0.717) is 0 Å². The van der Waals surface area contributed by atoms with Crippen LogP contribution in [-0.4, -0.2) is 21.5 Å². The van der Waals surface area contributed by atoms with E-state index in [1.165, 1.54) is 12.1 Å². The van der Waals surface area contributed by atoms with Crippen molar-refractivity contribution >= 4 is 0 Å². The number of nitrogens with zero attached hydrogens (tertiary/aromatic N) is 3. The van der Waals surface area contributed by atoms with Crippen molar-refractivity contribution in [2.75, 3.05) is 6.54 Å². The lowest BCUT2D eigenvalue weighted by Gasteiger charge is -2.04. The molecule has 0 aliphatic carbocycles. The first-order chi connectivity index (χ1) is 7.84. The van der Waals surface area contributed by atoms with E-state index in [1.807, 2.05) is 6.20 Å². The average Bonchev–Trinajstić information content (AvgIpc) is 2.80. The smallest absolute Gasteiger partial charge is 0.123 e. The van der Waals surface area contributed by atoms with Gasteiger partial charge in [0.15, 0.2) is 0 Å². The Hall–Kier alpha value is -1.75. The van der Waals surface area contributed by atoms with E-state index < -0.39 is 0 Å². The maximum Gasteiger partial charge on any atom is 0.123 e. The Bertz CT molecular complexity index is 410. The van der Waals surface area contributed by atoms with Crippen LogP contribution in [0.4, 0.5) is 4.39 Å². The minimum Gasteiger partial charge on any atom is -0.311 e. The molecule has 0 aliphatic heterocycles. The van der Waals surface area contributed by atoms with Crippen LogP contribution in [0.5, 0.6) is 0 Å². The number of hydrogen-bond acceptors (Lipinski definition) is 3. The van der Waals surface area contributed by atoms with Gasteiger partial charge in [-0.1, -0.05) is 17.3 Å². The third-order valence-corrected chi connectivity index (χ3v) is 2.23. The summed E-state index contributed by atoms with van der Waals surface area (Å²) < 4.78 is 14.4. The maximum absolute atomic E-state index is 12.6. The van der Waals surface area contributed by atoms with Crippen LogP contribution in [0.2, 0.25) is 0 Å². The Morgan fingerprint density at radius 2 is 2.06 bits per heavy atom. The lowest BCUT2D eigenvalue weighted by molar-refractivity contribution is 0.540. The van der Waals surface area contributed by atoms with Crippen LogP contribution in [0.15, 0.2) is 36.7 Å². The predicted molar refractivity (Wildman–Crippen MR) is 58.1 cm³/mol. The van der Waals surface area contributed by atoms with Gasteiger partial charge < -0.3 is 5.32 Å². The molecule has 0 fully saturated rings. The largest absolute Gasteiger partial charge is 0.311 e. The molecule has 2 aromatic rings. The van der Waals surface area contributed by atoms with Gasteiger partial charge in [0.05, 0.1) is 12.7 Å². The molecule has 16 heavy (non-hydrogen) atoms. The van der Waals surface area contributed by atoms with Crippen LogP contribution in [0.1, 0.15) is 5.56 Å². The summed E-state index contributed by atoms with van der Waals surface area (Å²) >= 11 is 0. The zero-order valence-electron chi connectivity index (χ0n) is 8.81. The van der Waals surface area contributed by atoms with Crippen molar-refractivity contribution in [3.63, 3.8) is 0 Å². The molecule has 4 nitrogen and oxygen atoms in total. The van der Waals surface area contributed by atoms with Gasteiger partial charge >= 0.3 is 0 Å². The van der Waals surface area contributed by atoms with E-state index in [2.05, 4.69) is 15.6 Å². The molecule has 0 unspecified atom stereocenters. The molecule has 0 spiro atoms. The highest BCUT2D eigenvalue weighted by Crippen LogP contribution is 2.01. The van der Waals surface area contributed by atoms with Crippen LogP contribution >= 0.6 is 0 Å². The van der Waals surface area contributed by atoms with Crippen molar-refractivity contribution in [1.82, 2.24) is 20.3 Å². The lowest BCUT2D eigenvalue weighted by Crippen LogP contribution is -2.19. The fourth-order valence-electron chi connectivity index (χ4n) is 1.38. The first kappa shape index (κ1) is 10.8. The van der Waals surface area contributed by atoms with Crippen LogP contribution in [0.3, 0.4) is 0 Å². The Morgan fingerprint density at radius 3 is 2.75 bits per heavy atom. The summed E-state index contributed by atoms with van der Waals surface area (Å²) in [5, 5.41) is 10.8. The summed E-state index contributed by atoms with van der Waals surface area (Å²) in [7, 11) is 0. The molecule has 0 saturated heterocycles. The SMILES string of the molecule is Fc1ccc(CNCCn2ccnn2)cc1. The van der Waals surface area contributed by atoms with Gasteiger partial charge in [0.1, 0.15) is 5.82 Å². The molecular weight excluding hydrogens is 207 g/mol. The van der Waals surface area contributed by atoms with Crippen LogP contribution in [-0.2, 0) is 13.1 Å². The van der Waals surface area contributed by atoms with Gasteiger partial charge in [0.25, 0.3) is 0 Å². The molecule has 0 amide bonds. The van der Waals surface area contributed by atoms with Crippen LogP contribution in [0.25, 0.3) is 0 Å². The number of rotatable bonds is 5. The van der Waals surface area contributed by atoms with Gasteiger partial charge in [0.2, 0.25) is 0 Å². The standard InChI is InChI=1S/C11H13FN4/c12-11-3-1-10(2-4-11)9-13-5-7-16-8-6-14-15-16/h1-4,6,8,13H,5,7,9H2. The van der Waals surface area contributed by atoms with Gasteiger partial charge in [-0.15, -0.1) is 5.10 Å². The van der Waals surface area contributed by atoms with Crippen molar-refractivity contribution in [3.05, 3.63) is 48.0 Å². The zero-order chi connectivity index (χ0) is 11.2. The van der Waals surface area contributed by atoms with E-state index in [1.54, 1.807) is 23.0 Å². The van der Waals surface area contributed by atoms with Crippen LogP contribution < -0.4 is 5.32 Å². The highest BCUT2D eigenvalue weighted by Gasteiger charge is 1.94. The monoisotopic (exact) mass is 220 g/mol. The van der Waals surface area contributed by atoms with E-state index in [-0.39, 0.29) is 5.82 Å². The van der Waals surface area contributed by atoms with E-state index in [4.69, 9.17) is 0 Å². The number of hydrogen-bond donors (Lipinski definition) is 1. The molecule has 0 bridgehead atoms. The molecule has 1 N–H and O–H groups in total. The second kappa shape index (κ2) is 5.37. The maximum atomic E-state index is 12.6. The van der Waals surface area contributed by atoms with Crippen molar-refractivity contribution < 1.29 is 4.39 Å². The quantitative estimate of drug-likeness (QED) is 0.770. The highest BCUT2D eigenvalue weighted by atomic mass is 19.1. The summed E-state index contributed by atoms with van der Waals surface area (Å²) in [6.07, 6.45) is 3.47. The Balaban J connectivity index is 1.70. The van der Waals surface area contributed by atoms with Gasteiger partial charge in [0, 0.05) is 19.3 Å². The molecule has 5 heteroatoms. The molecular formula is C11H13FN4. The zero-order valence-corrected chi connectivity index (χ0v) is 8.81. The van der Waals surface area contributed by atoms with Crippen molar-refractivity contribution in [2.24, 2.45) is 0 Å². The van der Waals surface area contributed by atoms with Gasteiger partial charge in [-0.05, 0) is 17.7 Å². The Labute approximate surface area is 93.1 Å². The Kier molecular flexibility index (Phi) is 3.61. The van der Waals surface area contributed by atoms with Crippen molar-refractivity contribution in [3.8, 4) is 0 Å². The first-order valence-electron chi connectivity index (χ1n) is 5.14. The normalized spacial score (nSPS) is 10.6. The predicted octanol–water partition coefficient (Wildman–Crippen LogP) is 1.21. The second-order valence-electron chi connectivity index (χ2n) is 3.47. The van der Waals surface area contributed by atoms with Crippen molar-refractivity contribution in [2.45, 2.75) is 13.1 Å². The van der Waals surface area contributed by atoms with E-state index in [0.717, 1.165) is 25.2 Å². The van der Waals surface area contributed by atoms with Gasteiger partial charge in [-0.3, -0.25) is 4.68 Å². The topological polar surface area (TPSA) is 42.7 Å².